The van der Waals surface area contributed by atoms with Crippen molar-refractivity contribution in [3.8, 4) is 0 Å². The lowest BCUT2D eigenvalue weighted by Gasteiger charge is -2.17. The molecule has 2 rings (SSSR count). The van der Waals surface area contributed by atoms with Crippen LogP contribution in [0.4, 0.5) is 0 Å². The van der Waals surface area contributed by atoms with Crippen LogP contribution in [0.1, 0.15) is 57.8 Å². The monoisotopic (exact) mass is 196 g/mol. The topological polar surface area (TPSA) is 38.0 Å². The molecule has 0 saturated heterocycles. The van der Waals surface area contributed by atoms with E-state index in [1.807, 2.05) is 0 Å². The van der Waals surface area contributed by atoms with Crippen LogP contribution in [0, 0.1) is 11.8 Å². The van der Waals surface area contributed by atoms with E-state index in [9.17, 15) is 0 Å². The van der Waals surface area contributed by atoms with Gasteiger partial charge in [-0.1, -0.05) is 38.5 Å². The van der Waals surface area contributed by atoms with Gasteiger partial charge in [0.2, 0.25) is 0 Å². The highest BCUT2D eigenvalue weighted by Gasteiger charge is 2.25. The molecule has 2 aliphatic carbocycles. The average molecular weight is 196 g/mol. The molecule has 0 bridgehead atoms. The van der Waals surface area contributed by atoms with Gasteiger partial charge in [0.1, 0.15) is 0 Å². The van der Waals surface area contributed by atoms with Gasteiger partial charge in [-0.3, -0.25) is 11.3 Å². The van der Waals surface area contributed by atoms with E-state index < -0.39 is 0 Å². The molecule has 2 fully saturated rings. The molecular formula is C12H24N2. The lowest BCUT2D eigenvalue weighted by Crippen LogP contribution is -2.35. The normalized spacial score (nSPS) is 25.5. The minimum atomic E-state index is 0.600. The van der Waals surface area contributed by atoms with Crippen molar-refractivity contribution in [1.29, 1.82) is 0 Å². The Morgan fingerprint density at radius 3 is 2.36 bits per heavy atom. The molecule has 0 spiro atoms. The van der Waals surface area contributed by atoms with Gasteiger partial charge < -0.3 is 0 Å². The van der Waals surface area contributed by atoms with Crippen LogP contribution in [0.2, 0.25) is 0 Å². The molecule has 1 atom stereocenters. The Morgan fingerprint density at radius 2 is 1.79 bits per heavy atom. The summed E-state index contributed by atoms with van der Waals surface area (Å²) in [4.78, 5) is 0. The number of hydrogen-bond donors (Lipinski definition) is 2. The van der Waals surface area contributed by atoms with Crippen molar-refractivity contribution in [2.45, 2.75) is 63.8 Å². The third-order valence-corrected chi connectivity index (χ3v) is 3.95. The zero-order valence-electron chi connectivity index (χ0n) is 9.17. The molecule has 2 heteroatoms. The summed E-state index contributed by atoms with van der Waals surface area (Å²) >= 11 is 0. The van der Waals surface area contributed by atoms with Crippen LogP contribution >= 0.6 is 0 Å². The first kappa shape index (κ1) is 10.4. The third-order valence-electron chi connectivity index (χ3n) is 3.95. The molecule has 82 valence electrons. The largest absolute Gasteiger partial charge is 0.271 e. The van der Waals surface area contributed by atoms with Crippen LogP contribution < -0.4 is 11.3 Å². The standard InChI is InChI=1S/C12H24N2/c13-14-12(9-11-5-6-11)8-7-10-3-1-2-4-10/h10-12,14H,1-9,13H2. The minimum absolute atomic E-state index is 0.600. The Labute approximate surface area is 87.6 Å². The van der Waals surface area contributed by atoms with Gasteiger partial charge in [-0.15, -0.1) is 0 Å². The van der Waals surface area contributed by atoms with Gasteiger partial charge in [-0.2, -0.15) is 0 Å². The van der Waals surface area contributed by atoms with Crippen molar-refractivity contribution in [2.75, 3.05) is 0 Å². The summed E-state index contributed by atoms with van der Waals surface area (Å²) in [6.07, 6.45) is 12.8. The molecule has 0 aromatic rings. The summed E-state index contributed by atoms with van der Waals surface area (Å²) in [6, 6.07) is 0.600. The smallest absolute Gasteiger partial charge is 0.0213 e. The van der Waals surface area contributed by atoms with Crippen molar-refractivity contribution < 1.29 is 0 Å². The highest BCUT2D eigenvalue weighted by molar-refractivity contribution is 4.80. The SMILES string of the molecule is NNC(CCC1CCCC1)CC1CC1. The number of nitrogens with two attached hydrogens (primary N) is 1. The van der Waals surface area contributed by atoms with Crippen molar-refractivity contribution in [2.24, 2.45) is 17.7 Å². The fraction of sp³-hybridized carbons (Fsp3) is 1.00. The first-order valence-electron chi connectivity index (χ1n) is 6.34. The second-order valence-electron chi connectivity index (χ2n) is 5.27. The van der Waals surface area contributed by atoms with E-state index in [4.69, 9.17) is 5.84 Å². The van der Waals surface area contributed by atoms with Crippen LogP contribution in [0.25, 0.3) is 0 Å². The second-order valence-corrected chi connectivity index (χ2v) is 5.27. The van der Waals surface area contributed by atoms with E-state index in [-0.39, 0.29) is 0 Å². The van der Waals surface area contributed by atoms with Crippen molar-refractivity contribution in [3.63, 3.8) is 0 Å². The molecule has 0 radical (unpaired) electrons. The zero-order valence-corrected chi connectivity index (χ0v) is 9.17. The van der Waals surface area contributed by atoms with Gasteiger partial charge in [0, 0.05) is 6.04 Å². The number of rotatable bonds is 6. The van der Waals surface area contributed by atoms with Gasteiger partial charge in [-0.25, -0.2) is 0 Å². The second kappa shape index (κ2) is 5.13. The Kier molecular flexibility index (Phi) is 3.82. The molecular weight excluding hydrogens is 172 g/mol. The molecule has 0 aromatic heterocycles. The summed E-state index contributed by atoms with van der Waals surface area (Å²) in [5.74, 6) is 7.60. The summed E-state index contributed by atoms with van der Waals surface area (Å²) in [7, 11) is 0. The Bertz CT molecular complexity index is 160. The highest BCUT2D eigenvalue weighted by atomic mass is 15.2. The maximum Gasteiger partial charge on any atom is 0.0213 e. The predicted molar refractivity (Wildman–Crippen MR) is 59.6 cm³/mol. The fourth-order valence-electron chi connectivity index (χ4n) is 2.76. The van der Waals surface area contributed by atoms with Gasteiger partial charge in [0.25, 0.3) is 0 Å². The van der Waals surface area contributed by atoms with Crippen LogP contribution in [-0.4, -0.2) is 6.04 Å². The Morgan fingerprint density at radius 1 is 1.07 bits per heavy atom. The van der Waals surface area contributed by atoms with Crippen LogP contribution in [0.3, 0.4) is 0 Å². The van der Waals surface area contributed by atoms with Gasteiger partial charge >= 0.3 is 0 Å². The molecule has 2 aliphatic rings. The van der Waals surface area contributed by atoms with E-state index in [0.717, 1.165) is 11.8 Å². The zero-order chi connectivity index (χ0) is 9.80. The van der Waals surface area contributed by atoms with Gasteiger partial charge in [-0.05, 0) is 31.1 Å². The van der Waals surface area contributed by atoms with Crippen molar-refractivity contribution in [1.82, 2.24) is 5.43 Å². The summed E-state index contributed by atoms with van der Waals surface area (Å²) in [6.45, 7) is 0. The molecule has 14 heavy (non-hydrogen) atoms. The Balaban J connectivity index is 1.60. The van der Waals surface area contributed by atoms with Crippen LogP contribution in [0.15, 0.2) is 0 Å². The van der Waals surface area contributed by atoms with Crippen molar-refractivity contribution in [3.05, 3.63) is 0 Å². The Hall–Kier alpha value is -0.0800. The van der Waals surface area contributed by atoms with Crippen LogP contribution in [-0.2, 0) is 0 Å². The van der Waals surface area contributed by atoms with Crippen LogP contribution in [0.5, 0.6) is 0 Å². The quantitative estimate of drug-likeness (QED) is 0.506. The first-order valence-corrected chi connectivity index (χ1v) is 6.34. The van der Waals surface area contributed by atoms with E-state index in [1.165, 1.54) is 57.8 Å². The molecule has 0 aromatic carbocycles. The summed E-state index contributed by atoms with van der Waals surface area (Å²) in [5.41, 5.74) is 3.00. The molecule has 0 amide bonds. The highest BCUT2D eigenvalue weighted by Crippen LogP contribution is 2.35. The summed E-state index contributed by atoms with van der Waals surface area (Å²) < 4.78 is 0. The maximum atomic E-state index is 5.58. The number of hydrogen-bond acceptors (Lipinski definition) is 2. The molecule has 0 aliphatic heterocycles. The molecule has 2 nitrogen and oxygen atoms in total. The maximum absolute atomic E-state index is 5.58. The lowest BCUT2D eigenvalue weighted by molar-refractivity contribution is 0.382. The van der Waals surface area contributed by atoms with E-state index in [2.05, 4.69) is 5.43 Å². The minimum Gasteiger partial charge on any atom is -0.271 e. The molecule has 2 saturated carbocycles. The average Bonchev–Trinajstić information content (AvgIpc) is 2.86. The summed E-state index contributed by atoms with van der Waals surface area (Å²) in [5, 5.41) is 0. The number of nitrogens with one attached hydrogen (secondary N) is 1. The third kappa shape index (κ3) is 3.25. The van der Waals surface area contributed by atoms with Gasteiger partial charge in [0.15, 0.2) is 0 Å². The first-order chi connectivity index (χ1) is 6.88. The molecule has 0 heterocycles. The van der Waals surface area contributed by atoms with Crippen molar-refractivity contribution >= 4 is 0 Å². The molecule has 3 N–H and O–H groups in total. The fourth-order valence-corrected chi connectivity index (χ4v) is 2.76. The predicted octanol–water partition coefficient (Wildman–Crippen LogP) is 2.59. The molecule has 1 unspecified atom stereocenters. The van der Waals surface area contributed by atoms with E-state index in [0.29, 0.717) is 6.04 Å². The van der Waals surface area contributed by atoms with E-state index in [1.54, 1.807) is 0 Å². The number of hydrazine groups is 1. The van der Waals surface area contributed by atoms with Gasteiger partial charge in [0.05, 0.1) is 0 Å². The van der Waals surface area contributed by atoms with E-state index >= 15 is 0 Å². The lowest BCUT2D eigenvalue weighted by atomic mass is 9.96.